The molecule has 0 bridgehead atoms. The summed E-state index contributed by atoms with van der Waals surface area (Å²) in [6.45, 7) is 9.20. The van der Waals surface area contributed by atoms with Crippen LogP contribution in [-0.2, 0) is 15.1 Å². The summed E-state index contributed by atoms with van der Waals surface area (Å²) < 4.78 is 6.21. The van der Waals surface area contributed by atoms with Gasteiger partial charge >= 0.3 is 34.5 Å². The van der Waals surface area contributed by atoms with E-state index in [0.29, 0.717) is 0 Å². The fourth-order valence-corrected chi connectivity index (χ4v) is 5.93. The summed E-state index contributed by atoms with van der Waals surface area (Å²) in [5.41, 5.74) is 14.4. The van der Waals surface area contributed by atoms with Crippen LogP contribution in [0.25, 0.3) is 0 Å². The van der Waals surface area contributed by atoms with E-state index in [0.717, 1.165) is 22.6 Å². The maximum absolute atomic E-state index is 6.21. The van der Waals surface area contributed by atoms with Crippen molar-refractivity contribution in [3.05, 3.63) is 120 Å². The summed E-state index contributed by atoms with van der Waals surface area (Å²) >= 11 is -0.346. The van der Waals surface area contributed by atoms with E-state index in [1.165, 1.54) is 10.6 Å². The summed E-state index contributed by atoms with van der Waals surface area (Å²) in [4.78, 5) is 0. The third kappa shape index (κ3) is 10.7. The van der Waals surface area contributed by atoms with Gasteiger partial charge in [-0.05, 0) is 35.4 Å². The van der Waals surface area contributed by atoms with E-state index in [1.807, 2.05) is 60.7 Å². The van der Waals surface area contributed by atoms with Crippen molar-refractivity contribution >= 4 is 45.8 Å². The molecule has 4 aromatic rings. The van der Waals surface area contributed by atoms with Gasteiger partial charge in [0.25, 0.3) is 0 Å². The van der Waals surface area contributed by atoms with Crippen LogP contribution in [0.5, 0.6) is 11.5 Å². The van der Waals surface area contributed by atoms with Crippen molar-refractivity contribution in [3.8, 4) is 11.5 Å². The van der Waals surface area contributed by atoms with Gasteiger partial charge in [-0.2, -0.15) is 0 Å². The Bertz CT molecular complexity index is 1110. The third-order valence-corrected chi connectivity index (χ3v) is 8.81. The summed E-state index contributed by atoms with van der Waals surface area (Å²) in [6.07, 6.45) is 0. The normalized spacial score (nSPS) is 12.1. The fraction of sp³-hybridized carbons (Fsp3) is 0.200. The zero-order chi connectivity index (χ0) is 27.9. The molecule has 0 aliphatic heterocycles. The number of nitrogens with two attached hydrogens (primary N) is 2. The summed E-state index contributed by atoms with van der Waals surface area (Å²) in [6, 6.07) is 36.4. The van der Waals surface area contributed by atoms with Crippen molar-refractivity contribution in [1.82, 2.24) is 0 Å². The molecule has 2 atom stereocenters. The van der Waals surface area contributed by atoms with Crippen molar-refractivity contribution in [1.29, 1.82) is 0 Å². The molecule has 0 saturated carbocycles. The van der Waals surface area contributed by atoms with E-state index in [1.54, 1.807) is 0 Å². The Labute approximate surface area is 246 Å². The number of halogens is 2. The molecule has 0 radical (unpaired) electrons. The molecular formula is C30H38Cl2N2OP2Ru+4. The molecular weight excluding hydrogens is 638 g/mol. The Hall–Kier alpha value is -1.34. The number of benzene rings is 4. The predicted octanol–water partition coefficient (Wildman–Crippen LogP) is 7.44. The second kappa shape index (κ2) is 18.1. The van der Waals surface area contributed by atoms with Gasteiger partial charge in [0.15, 0.2) is 11.5 Å². The minimum absolute atomic E-state index is 0.163. The van der Waals surface area contributed by atoms with E-state index < -0.39 is 15.8 Å². The molecule has 0 aliphatic rings. The van der Waals surface area contributed by atoms with Gasteiger partial charge in [0.1, 0.15) is 10.6 Å². The van der Waals surface area contributed by atoms with E-state index in [-0.39, 0.29) is 27.2 Å². The van der Waals surface area contributed by atoms with Gasteiger partial charge in [0.2, 0.25) is 0 Å². The molecule has 4 rings (SSSR count). The van der Waals surface area contributed by atoms with Crippen LogP contribution in [0, 0.1) is 0 Å². The van der Waals surface area contributed by atoms with Gasteiger partial charge in [0, 0.05) is 27.9 Å². The number of ether oxygens (including phenoxy) is 1. The molecule has 3 nitrogen and oxygen atoms in total. The first-order chi connectivity index (χ1) is 18.3. The molecule has 0 heterocycles. The monoisotopic (exact) mass is 676 g/mol. The van der Waals surface area contributed by atoms with Crippen LogP contribution < -0.4 is 26.8 Å². The Kier molecular flexibility index (Phi) is 15.7. The molecule has 202 valence electrons. The molecule has 0 fully saturated rings. The van der Waals surface area contributed by atoms with Gasteiger partial charge in [-0.1, -0.05) is 84.9 Å². The van der Waals surface area contributed by atoms with Crippen LogP contribution in [0.15, 0.2) is 109 Å². The second-order valence-corrected chi connectivity index (χ2v) is 16.7. The Morgan fingerprint density at radius 2 is 0.842 bits per heavy atom. The average Bonchev–Trinajstić information content (AvgIpc) is 2.94. The standard InChI is InChI=1S/C16H20OP2.C14H16N2.2ClH.Ru/c1-18(2)15-11-7-5-9-13(15)17-14-10-6-8-12-16(14)19(3)4;15-13(11-7-3-1-4-8-11)14(16)12-9-5-2-6-10-12;;;/h5-12H,1-4H3;1-10,13-14H,15-16H2;2*1H;/q;;;;+4. The quantitative estimate of drug-likeness (QED) is 0.158. The molecule has 0 aliphatic carbocycles. The molecule has 0 saturated heterocycles. The van der Waals surface area contributed by atoms with Crippen molar-refractivity contribution < 1.29 is 19.9 Å². The van der Waals surface area contributed by atoms with Gasteiger partial charge in [-0.25, -0.2) is 0 Å². The zero-order valence-corrected chi connectivity index (χ0v) is 27.5. The first-order valence-corrected chi connectivity index (χ1v) is 21.7. The van der Waals surface area contributed by atoms with Gasteiger partial charge in [-0.3, -0.25) is 0 Å². The first-order valence-electron chi connectivity index (χ1n) is 12.2. The SMILES string of the molecule is C[PH+](C)c1ccccc1Oc1ccccc1[PH+](C)C.NC(c1ccccc1)C(N)c1ccccc1.[Cl][Ru+2][Cl]. The molecule has 0 amide bonds. The molecule has 0 spiro atoms. The van der Waals surface area contributed by atoms with Crippen LogP contribution in [0.4, 0.5) is 0 Å². The minimum atomic E-state index is -0.510. The van der Waals surface area contributed by atoms with Crippen molar-refractivity contribution in [2.75, 3.05) is 26.7 Å². The Morgan fingerprint density at radius 3 is 1.16 bits per heavy atom. The fourth-order valence-electron chi connectivity index (χ4n) is 3.82. The molecule has 8 heteroatoms. The van der Waals surface area contributed by atoms with E-state index in [4.69, 9.17) is 35.6 Å². The van der Waals surface area contributed by atoms with Crippen LogP contribution in [-0.4, -0.2) is 26.7 Å². The van der Waals surface area contributed by atoms with Gasteiger partial charge < -0.3 is 16.2 Å². The summed E-state index contributed by atoms with van der Waals surface area (Å²) in [5, 5.41) is 2.73. The predicted molar refractivity (Wildman–Crippen MR) is 171 cm³/mol. The van der Waals surface area contributed by atoms with E-state index in [9.17, 15) is 0 Å². The molecule has 38 heavy (non-hydrogen) atoms. The van der Waals surface area contributed by atoms with Crippen molar-refractivity contribution in [3.63, 3.8) is 0 Å². The number of hydrogen-bond acceptors (Lipinski definition) is 3. The Balaban J connectivity index is 0.000000245. The molecule has 4 N–H and O–H groups in total. The topological polar surface area (TPSA) is 61.3 Å². The summed E-state index contributed by atoms with van der Waals surface area (Å²) in [7, 11) is 8.69. The molecule has 4 aromatic carbocycles. The zero-order valence-electron chi connectivity index (χ0n) is 22.2. The van der Waals surface area contributed by atoms with Crippen LogP contribution >= 0.6 is 35.2 Å². The van der Waals surface area contributed by atoms with E-state index in [2.05, 4.69) is 75.2 Å². The second-order valence-electron chi connectivity index (χ2n) is 9.02. The molecule has 2 unspecified atom stereocenters. The summed E-state index contributed by atoms with van der Waals surface area (Å²) in [5.74, 6) is 2.05. The number of rotatable bonds is 7. The van der Waals surface area contributed by atoms with Crippen LogP contribution in [0.2, 0.25) is 0 Å². The third-order valence-electron chi connectivity index (χ3n) is 5.83. The van der Waals surface area contributed by atoms with Crippen molar-refractivity contribution in [2.24, 2.45) is 11.5 Å². The van der Waals surface area contributed by atoms with Crippen LogP contribution in [0.3, 0.4) is 0 Å². The van der Waals surface area contributed by atoms with Gasteiger partial charge in [-0.15, -0.1) is 0 Å². The Morgan fingerprint density at radius 1 is 0.553 bits per heavy atom. The van der Waals surface area contributed by atoms with Crippen LogP contribution in [0.1, 0.15) is 23.2 Å². The molecule has 0 aromatic heterocycles. The average molecular weight is 677 g/mol. The van der Waals surface area contributed by atoms with Gasteiger partial charge in [0.05, 0.1) is 26.7 Å². The van der Waals surface area contributed by atoms with E-state index >= 15 is 0 Å². The number of hydrogen-bond donors (Lipinski definition) is 2. The van der Waals surface area contributed by atoms with Crippen molar-refractivity contribution in [2.45, 2.75) is 12.1 Å². The maximum atomic E-state index is 6.21. The first kappa shape index (κ1) is 32.9. The number of para-hydroxylation sites is 2.